The van der Waals surface area contributed by atoms with Crippen molar-refractivity contribution in [3.05, 3.63) is 48.5 Å². The minimum absolute atomic E-state index is 0.190. The molecule has 1 atom stereocenters. The number of thiol groups is 1. The number of carboxylic acid groups (broad SMARTS) is 1. The van der Waals surface area contributed by atoms with E-state index in [-0.39, 0.29) is 5.75 Å². The monoisotopic (exact) mass is 288 g/mol. The van der Waals surface area contributed by atoms with E-state index in [0.717, 1.165) is 0 Å². The Bertz CT molecular complexity index is 674. The Kier molecular flexibility index (Phi) is 4.65. The van der Waals surface area contributed by atoms with Crippen molar-refractivity contribution in [3.8, 4) is 0 Å². The van der Waals surface area contributed by atoms with E-state index >= 15 is 0 Å². The van der Waals surface area contributed by atoms with Gasteiger partial charge in [-0.25, -0.2) is 0 Å². The van der Waals surface area contributed by atoms with Crippen LogP contribution in [0.5, 0.6) is 0 Å². The maximum absolute atomic E-state index is 9.76. The Morgan fingerprint density at radius 1 is 1.10 bits per heavy atom. The molecule has 0 saturated heterocycles. The quantitative estimate of drug-likeness (QED) is 0.547. The van der Waals surface area contributed by atoms with Crippen LogP contribution >= 0.6 is 12.6 Å². The Morgan fingerprint density at radius 2 is 1.55 bits per heavy atom. The predicted octanol–water partition coefficient (Wildman–Crippen LogP) is 2.65. The highest BCUT2D eigenvalue weighted by Gasteiger charge is 2.06. The summed E-state index contributed by atoms with van der Waals surface area (Å²) in [5.41, 5.74) is 7.36. The van der Waals surface area contributed by atoms with Crippen molar-refractivity contribution >= 4 is 40.4 Å². The molecule has 0 bridgehead atoms. The Hall–Kier alpha value is -1.98. The van der Waals surface area contributed by atoms with Gasteiger partial charge in [-0.1, -0.05) is 36.4 Å². The van der Waals surface area contributed by atoms with E-state index in [2.05, 4.69) is 66.1 Å². The lowest BCUT2D eigenvalue weighted by Gasteiger charge is -1.96. The number of aromatic nitrogens is 1. The molecule has 4 N–H and O–H groups in total. The third kappa shape index (κ3) is 3.12. The van der Waals surface area contributed by atoms with Crippen LogP contribution in [-0.4, -0.2) is 27.9 Å². The number of para-hydroxylation sites is 2. The second-order valence-electron chi connectivity index (χ2n) is 4.34. The molecule has 1 aromatic heterocycles. The number of hydrogen-bond donors (Lipinski definition) is 4. The average Bonchev–Trinajstić information content (AvgIpc) is 2.85. The van der Waals surface area contributed by atoms with Gasteiger partial charge in [-0.2, -0.15) is 12.6 Å². The smallest absolute Gasteiger partial charge is 0.321 e. The predicted molar refractivity (Wildman–Crippen MR) is 85.3 cm³/mol. The van der Waals surface area contributed by atoms with Gasteiger partial charge in [-0.05, 0) is 12.1 Å². The fourth-order valence-electron chi connectivity index (χ4n) is 1.88. The molecule has 104 valence electrons. The second-order valence-corrected chi connectivity index (χ2v) is 4.71. The van der Waals surface area contributed by atoms with Gasteiger partial charge < -0.3 is 15.8 Å². The van der Waals surface area contributed by atoms with Gasteiger partial charge in [0, 0.05) is 27.6 Å². The van der Waals surface area contributed by atoms with Crippen LogP contribution in [0.3, 0.4) is 0 Å². The third-order valence-electron chi connectivity index (χ3n) is 2.93. The first-order chi connectivity index (χ1) is 9.63. The lowest BCUT2D eigenvalue weighted by molar-refractivity contribution is -0.137. The van der Waals surface area contributed by atoms with Crippen LogP contribution in [-0.2, 0) is 4.79 Å². The molecule has 4 nitrogen and oxygen atoms in total. The lowest BCUT2D eigenvalue weighted by atomic mass is 10.2. The third-order valence-corrected chi connectivity index (χ3v) is 3.32. The molecule has 3 rings (SSSR count). The van der Waals surface area contributed by atoms with Gasteiger partial charge in [0.25, 0.3) is 0 Å². The van der Waals surface area contributed by atoms with Crippen LogP contribution in [0.15, 0.2) is 48.5 Å². The Morgan fingerprint density at radius 3 is 1.90 bits per heavy atom. The number of fused-ring (bicyclic) bond motifs is 3. The normalized spacial score (nSPS) is 11.9. The Labute approximate surface area is 122 Å². The number of carbonyl (C=O) groups is 1. The van der Waals surface area contributed by atoms with Crippen molar-refractivity contribution in [2.75, 3.05) is 5.75 Å². The number of rotatable bonds is 2. The number of benzene rings is 2. The maximum atomic E-state index is 9.76. The lowest BCUT2D eigenvalue weighted by Crippen LogP contribution is -2.31. The van der Waals surface area contributed by atoms with Crippen molar-refractivity contribution in [3.63, 3.8) is 0 Å². The Balaban J connectivity index is 0.000000182. The van der Waals surface area contributed by atoms with Crippen LogP contribution in [0.4, 0.5) is 0 Å². The molecule has 0 aliphatic heterocycles. The van der Waals surface area contributed by atoms with Crippen molar-refractivity contribution < 1.29 is 9.90 Å². The minimum atomic E-state index is -1.00. The van der Waals surface area contributed by atoms with Gasteiger partial charge in [0.2, 0.25) is 0 Å². The van der Waals surface area contributed by atoms with Gasteiger partial charge in [0.15, 0.2) is 0 Å². The van der Waals surface area contributed by atoms with Crippen LogP contribution in [0, 0.1) is 0 Å². The first-order valence-electron chi connectivity index (χ1n) is 6.18. The van der Waals surface area contributed by atoms with Crippen molar-refractivity contribution in [1.82, 2.24) is 4.98 Å². The molecule has 0 unspecified atom stereocenters. The van der Waals surface area contributed by atoms with E-state index in [1.165, 1.54) is 21.8 Å². The van der Waals surface area contributed by atoms with Gasteiger partial charge in [-0.15, -0.1) is 0 Å². The van der Waals surface area contributed by atoms with E-state index in [1.54, 1.807) is 0 Å². The molecule has 1 heterocycles. The number of nitrogens with one attached hydrogen (secondary N) is 1. The summed E-state index contributed by atoms with van der Waals surface area (Å²) in [4.78, 5) is 13.1. The molecule has 3 aromatic rings. The molecule has 2 aromatic carbocycles. The van der Waals surface area contributed by atoms with Gasteiger partial charge >= 0.3 is 5.97 Å². The average molecular weight is 288 g/mol. The highest BCUT2D eigenvalue weighted by Crippen LogP contribution is 2.24. The number of carboxylic acids is 1. The zero-order valence-corrected chi connectivity index (χ0v) is 11.7. The summed E-state index contributed by atoms with van der Waals surface area (Å²) < 4.78 is 0. The van der Waals surface area contributed by atoms with Crippen molar-refractivity contribution in [1.29, 1.82) is 0 Å². The second kappa shape index (κ2) is 6.45. The standard InChI is InChI=1S/C12H9N.C3H7NO2S/c1-3-7-11-9(5-1)10-6-2-4-8-12(10)13-11;4-2(1-7)3(5)6/h1-8,13H;2,7H,1,4H2,(H,5,6)/t;2-/m.0/s1. The summed E-state index contributed by atoms with van der Waals surface area (Å²) >= 11 is 3.65. The molecular weight excluding hydrogens is 272 g/mol. The van der Waals surface area contributed by atoms with Gasteiger partial charge in [-0.3, -0.25) is 4.79 Å². The molecule has 0 fully saturated rings. The van der Waals surface area contributed by atoms with Gasteiger partial charge in [0.05, 0.1) is 0 Å². The summed E-state index contributed by atoms with van der Waals surface area (Å²) in [6.07, 6.45) is 0. The highest BCUT2D eigenvalue weighted by atomic mass is 32.1. The van der Waals surface area contributed by atoms with Crippen LogP contribution in [0.2, 0.25) is 0 Å². The molecule has 0 spiro atoms. The fourth-order valence-corrected chi connectivity index (χ4v) is 2.03. The van der Waals surface area contributed by atoms with E-state index in [9.17, 15) is 4.79 Å². The topological polar surface area (TPSA) is 79.1 Å². The SMILES string of the molecule is N[C@@H](CS)C(=O)O.c1ccc2c(c1)[nH]c1ccccc12. The van der Waals surface area contributed by atoms with E-state index in [1.807, 2.05) is 0 Å². The maximum Gasteiger partial charge on any atom is 0.321 e. The van der Waals surface area contributed by atoms with E-state index in [0.29, 0.717) is 0 Å². The molecular formula is C15H16N2O2S. The largest absolute Gasteiger partial charge is 0.480 e. The number of aromatic amines is 1. The summed E-state index contributed by atoms with van der Waals surface area (Å²) in [7, 11) is 0. The van der Waals surface area contributed by atoms with Crippen molar-refractivity contribution in [2.24, 2.45) is 5.73 Å². The number of H-pyrrole nitrogens is 1. The first kappa shape index (κ1) is 14.4. The van der Waals surface area contributed by atoms with E-state index in [4.69, 9.17) is 10.8 Å². The van der Waals surface area contributed by atoms with E-state index < -0.39 is 12.0 Å². The number of nitrogens with two attached hydrogens (primary N) is 1. The first-order valence-corrected chi connectivity index (χ1v) is 6.81. The zero-order valence-electron chi connectivity index (χ0n) is 10.8. The molecule has 0 aliphatic rings. The summed E-state index contributed by atoms with van der Waals surface area (Å²) in [6.45, 7) is 0. The van der Waals surface area contributed by atoms with Crippen molar-refractivity contribution in [2.45, 2.75) is 6.04 Å². The van der Waals surface area contributed by atoms with Crippen LogP contribution < -0.4 is 5.73 Å². The number of aliphatic carboxylic acids is 1. The summed E-state index contributed by atoms with van der Waals surface area (Å²) in [5, 5.41) is 10.6. The van der Waals surface area contributed by atoms with Crippen LogP contribution in [0.1, 0.15) is 0 Å². The summed E-state index contributed by atoms with van der Waals surface area (Å²) in [5.74, 6) is -0.815. The fraction of sp³-hybridized carbons (Fsp3) is 0.133. The minimum Gasteiger partial charge on any atom is -0.480 e. The zero-order chi connectivity index (χ0) is 14.5. The van der Waals surface area contributed by atoms with Gasteiger partial charge in [0.1, 0.15) is 6.04 Å². The molecule has 0 saturated carbocycles. The summed E-state index contributed by atoms with van der Waals surface area (Å²) in [6, 6.07) is 15.9. The number of hydrogen-bond acceptors (Lipinski definition) is 3. The molecule has 0 radical (unpaired) electrons. The molecule has 0 amide bonds. The molecule has 5 heteroatoms. The van der Waals surface area contributed by atoms with Crippen LogP contribution in [0.25, 0.3) is 21.8 Å². The molecule has 0 aliphatic carbocycles. The highest BCUT2D eigenvalue weighted by molar-refractivity contribution is 7.80. The molecule has 20 heavy (non-hydrogen) atoms.